The summed E-state index contributed by atoms with van der Waals surface area (Å²) in [5.74, 6) is -0.152. The van der Waals surface area contributed by atoms with E-state index in [4.69, 9.17) is 10.5 Å². The van der Waals surface area contributed by atoms with Crippen molar-refractivity contribution in [3.63, 3.8) is 0 Å². The lowest BCUT2D eigenvalue weighted by molar-refractivity contribution is -0.149. The second-order valence-electron chi connectivity index (χ2n) is 4.51. The van der Waals surface area contributed by atoms with Crippen LogP contribution >= 0.6 is 0 Å². The Morgan fingerprint density at radius 2 is 1.76 bits per heavy atom. The molecule has 2 nitrogen and oxygen atoms in total. The third kappa shape index (κ3) is 4.19. The standard InChI is InChI=1S/C15H13F4NO/c16-12-5-1-3-10(7-12)9-21-13-6-2-4-11(8-13)14(20)15(17,18)19/h1-8,14H,9,20H2/t14-/m1/s1. The van der Waals surface area contributed by atoms with E-state index in [1.807, 2.05) is 0 Å². The van der Waals surface area contributed by atoms with E-state index in [-0.39, 0.29) is 17.9 Å². The molecule has 2 aromatic rings. The molecule has 0 spiro atoms. The molecule has 0 aromatic heterocycles. The molecule has 0 unspecified atom stereocenters. The molecular formula is C15H13F4NO. The van der Waals surface area contributed by atoms with Crippen LogP contribution in [0.1, 0.15) is 17.2 Å². The summed E-state index contributed by atoms with van der Waals surface area (Å²) in [5, 5.41) is 0. The maximum Gasteiger partial charge on any atom is 0.407 e. The van der Waals surface area contributed by atoms with Crippen molar-refractivity contribution in [3.05, 3.63) is 65.5 Å². The maximum absolute atomic E-state index is 13.0. The van der Waals surface area contributed by atoms with Crippen LogP contribution in [0.4, 0.5) is 17.6 Å². The molecule has 0 fully saturated rings. The summed E-state index contributed by atoms with van der Waals surface area (Å²) in [6.45, 7) is 0.0580. The van der Waals surface area contributed by atoms with Gasteiger partial charge in [0.15, 0.2) is 0 Å². The van der Waals surface area contributed by atoms with Gasteiger partial charge in [-0.1, -0.05) is 24.3 Å². The first-order valence-electron chi connectivity index (χ1n) is 6.16. The molecular weight excluding hydrogens is 286 g/mol. The van der Waals surface area contributed by atoms with Crippen molar-refractivity contribution in [2.24, 2.45) is 5.73 Å². The summed E-state index contributed by atoms with van der Waals surface area (Å²) < 4.78 is 56.0. The molecule has 2 N–H and O–H groups in total. The number of ether oxygens (including phenoxy) is 1. The molecule has 0 radical (unpaired) electrons. The number of hydrogen-bond donors (Lipinski definition) is 1. The van der Waals surface area contributed by atoms with Gasteiger partial charge in [-0.2, -0.15) is 13.2 Å². The molecule has 0 bridgehead atoms. The van der Waals surface area contributed by atoms with Crippen LogP contribution in [0.3, 0.4) is 0 Å². The van der Waals surface area contributed by atoms with E-state index in [1.165, 1.54) is 42.5 Å². The Morgan fingerprint density at radius 1 is 1.05 bits per heavy atom. The number of hydrogen-bond acceptors (Lipinski definition) is 2. The monoisotopic (exact) mass is 299 g/mol. The Bertz CT molecular complexity index is 613. The lowest BCUT2D eigenvalue weighted by Gasteiger charge is -2.16. The van der Waals surface area contributed by atoms with Gasteiger partial charge < -0.3 is 10.5 Å². The summed E-state index contributed by atoms with van der Waals surface area (Å²) >= 11 is 0. The van der Waals surface area contributed by atoms with Crippen LogP contribution in [0.15, 0.2) is 48.5 Å². The Balaban J connectivity index is 2.08. The average Bonchev–Trinajstić information content (AvgIpc) is 2.44. The molecule has 0 aliphatic rings. The molecule has 6 heteroatoms. The first-order chi connectivity index (χ1) is 9.86. The zero-order valence-electron chi connectivity index (χ0n) is 10.9. The SMILES string of the molecule is N[C@H](c1cccc(OCc2cccc(F)c2)c1)C(F)(F)F. The predicted molar refractivity (Wildman–Crippen MR) is 70.2 cm³/mol. The van der Waals surface area contributed by atoms with Crippen LogP contribution in [0.5, 0.6) is 5.75 Å². The van der Waals surface area contributed by atoms with Crippen molar-refractivity contribution in [1.29, 1.82) is 0 Å². The number of benzene rings is 2. The Morgan fingerprint density at radius 3 is 2.43 bits per heavy atom. The molecule has 0 aliphatic heterocycles. The van der Waals surface area contributed by atoms with Gasteiger partial charge in [0.2, 0.25) is 0 Å². The van der Waals surface area contributed by atoms with Crippen LogP contribution in [0, 0.1) is 5.82 Å². The summed E-state index contributed by atoms with van der Waals surface area (Å²) in [4.78, 5) is 0. The number of nitrogens with two attached hydrogens (primary N) is 1. The van der Waals surface area contributed by atoms with Crippen LogP contribution in [-0.2, 0) is 6.61 Å². The van der Waals surface area contributed by atoms with E-state index in [1.54, 1.807) is 6.07 Å². The third-order valence-electron chi connectivity index (χ3n) is 2.86. The molecule has 1 atom stereocenters. The van der Waals surface area contributed by atoms with Gasteiger partial charge >= 0.3 is 6.18 Å². The molecule has 2 rings (SSSR count). The fourth-order valence-corrected chi connectivity index (χ4v) is 1.78. The molecule has 0 aliphatic carbocycles. The molecule has 0 amide bonds. The van der Waals surface area contributed by atoms with E-state index in [9.17, 15) is 17.6 Å². The van der Waals surface area contributed by atoms with Gasteiger partial charge in [-0.3, -0.25) is 0 Å². The largest absolute Gasteiger partial charge is 0.489 e. The van der Waals surface area contributed by atoms with Gasteiger partial charge in [0.1, 0.15) is 24.2 Å². The zero-order chi connectivity index (χ0) is 15.5. The molecule has 21 heavy (non-hydrogen) atoms. The second kappa shape index (κ2) is 6.13. The number of alkyl halides is 3. The molecule has 0 heterocycles. The van der Waals surface area contributed by atoms with Crippen LogP contribution in [0.2, 0.25) is 0 Å². The van der Waals surface area contributed by atoms with Crippen LogP contribution in [0.25, 0.3) is 0 Å². The molecule has 0 saturated carbocycles. The molecule has 0 saturated heterocycles. The lowest BCUT2D eigenvalue weighted by Crippen LogP contribution is -2.28. The highest BCUT2D eigenvalue weighted by Crippen LogP contribution is 2.31. The van der Waals surface area contributed by atoms with Gasteiger partial charge in [0.25, 0.3) is 0 Å². The predicted octanol–water partition coefficient (Wildman–Crippen LogP) is 3.97. The van der Waals surface area contributed by atoms with Gasteiger partial charge in [-0.25, -0.2) is 4.39 Å². The van der Waals surface area contributed by atoms with Crippen LogP contribution in [-0.4, -0.2) is 6.18 Å². The van der Waals surface area contributed by atoms with Crippen LogP contribution < -0.4 is 10.5 Å². The quantitative estimate of drug-likeness (QED) is 0.867. The number of halogens is 4. The molecule has 2 aromatic carbocycles. The Kier molecular flexibility index (Phi) is 4.47. The Labute approximate surface area is 119 Å². The van der Waals surface area contributed by atoms with Crippen molar-refractivity contribution < 1.29 is 22.3 Å². The summed E-state index contributed by atoms with van der Waals surface area (Å²) in [6.07, 6.45) is -4.51. The topological polar surface area (TPSA) is 35.2 Å². The number of rotatable bonds is 4. The fraction of sp³-hybridized carbons (Fsp3) is 0.200. The van der Waals surface area contributed by atoms with Gasteiger partial charge in [0.05, 0.1) is 0 Å². The first kappa shape index (κ1) is 15.3. The van der Waals surface area contributed by atoms with Gasteiger partial charge in [-0.15, -0.1) is 0 Å². The smallest absolute Gasteiger partial charge is 0.407 e. The van der Waals surface area contributed by atoms with Crippen molar-refractivity contribution in [1.82, 2.24) is 0 Å². The minimum atomic E-state index is -4.51. The summed E-state index contributed by atoms with van der Waals surface area (Å²) in [6, 6.07) is 9.20. The zero-order valence-corrected chi connectivity index (χ0v) is 10.9. The summed E-state index contributed by atoms with van der Waals surface area (Å²) in [7, 11) is 0. The van der Waals surface area contributed by atoms with E-state index < -0.39 is 18.0 Å². The Hall–Kier alpha value is -2.08. The minimum absolute atomic E-state index is 0.0580. The van der Waals surface area contributed by atoms with E-state index in [0.29, 0.717) is 5.56 Å². The maximum atomic E-state index is 13.0. The van der Waals surface area contributed by atoms with E-state index >= 15 is 0 Å². The van der Waals surface area contributed by atoms with E-state index in [0.717, 1.165) is 0 Å². The summed E-state index contributed by atoms with van der Waals surface area (Å²) in [5.41, 5.74) is 5.64. The van der Waals surface area contributed by atoms with Crippen molar-refractivity contribution in [2.45, 2.75) is 18.8 Å². The minimum Gasteiger partial charge on any atom is -0.489 e. The van der Waals surface area contributed by atoms with Crippen molar-refractivity contribution in [3.8, 4) is 5.75 Å². The third-order valence-corrected chi connectivity index (χ3v) is 2.86. The van der Waals surface area contributed by atoms with E-state index in [2.05, 4.69) is 0 Å². The van der Waals surface area contributed by atoms with Crippen molar-refractivity contribution >= 4 is 0 Å². The lowest BCUT2D eigenvalue weighted by atomic mass is 10.1. The molecule has 112 valence electrons. The first-order valence-corrected chi connectivity index (χ1v) is 6.16. The second-order valence-corrected chi connectivity index (χ2v) is 4.51. The normalized spacial score (nSPS) is 13.0. The highest BCUT2D eigenvalue weighted by molar-refractivity contribution is 5.31. The highest BCUT2D eigenvalue weighted by atomic mass is 19.4. The fourth-order valence-electron chi connectivity index (χ4n) is 1.78. The van der Waals surface area contributed by atoms with Crippen molar-refractivity contribution in [2.75, 3.05) is 0 Å². The van der Waals surface area contributed by atoms with Gasteiger partial charge in [-0.05, 0) is 35.4 Å². The average molecular weight is 299 g/mol. The van der Waals surface area contributed by atoms with Gasteiger partial charge in [0, 0.05) is 0 Å². The highest BCUT2D eigenvalue weighted by Gasteiger charge is 2.37.